The number of carbonyl (C=O) groups is 2. The molecule has 5 nitrogen and oxygen atoms in total. The first kappa shape index (κ1) is 20.6. The Morgan fingerprint density at radius 2 is 1.67 bits per heavy atom. The summed E-state index contributed by atoms with van der Waals surface area (Å²) >= 11 is 0. The molecule has 3 N–H and O–H groups in total. The maximum atomic E-state index is 12.9. The molecule has 0 radical (unpaired) electrons. The van der Waals surface area contributed by atoms with E-state index < -0.39 is 0 Å². The minimum Gasteiger partial charge on any atom is -0.353 e. The number of hydrogen-bond donors (Lipinski definition) is 2. The Balaban J connectivity index is 1.40. The van der Waals surface area contributed by atoms with Gasteiger partial charge in [-0.3, -0.25) is 9.59 Å². The van der Waals surface area contributed by atoms with Gasteiger partial charge in [0.2, 0.25) is 11.8 Å². The number of nitrogens with zero attached hydrogens (tertiary/aromatic N) is 1. The normalized spacial score (nSPS) is 32.1. The van der Waals surface area contributed by atoms with Gasteiger partial charge in [-0.05, 0) is 56.3 Å². The van der Waals surface area contributed by atoms with E-state index in [2.05, 4.69) is 19.2 Å². The van der Waals surface area contributed by atoms with E-state index in [1.54, 1.807) is 0 Å². The predicted molar refractivity (Wildman–Crippen MR) is 108 cm³/mol. The molecule has 0 bridgehead atoms. The highest BCUT2D eigenvalue weighted by Gasteiger charge is 2.38. The number of rotatable bonds is 4. The molecule has 1 aliphatic heterocycles. The zero-order chi connectivity index (χ0) is 19.4. The second-order valence-electron chi connectivity index (χ2n) is 9.97. The standard InChI is InChI=1S/C22H39N3O2/c1-22(2)15-25(13-12-19(22)23)21(27)17-8-10-18(11-9-17)24-20(26)14-16-6-4-3-5-7-16/h16-19H,3-15,23H2,1-2H3,(H,24,26). The summed E-state index contributed by atoms with van der Waals surface area (Å²) in [5, 5.41) is 3.24. The highest BCUT2D eigenvalue weighted by Crippen LogP contribution is 2.32. The summed E-state index contributed by atoms with van der Waals surface area (Å²) in [6.07, 6.45) is 11.6. The largest absolute Gasteiger partial charge is 0.353 e. The summed E-state index contributed by atoms with van der Waals surface area (Å²) in [5.74, 6) is 1.25. The van der Waals surface area contributed by atoms with Crippen LogP contribution in [0.5, 0.6) is 0 Å². The second-order valence-corrected chi connectivity index (χ2v) is 9.97. The average Bonchev–Trinajstić information content (AvgIpc) is 2.64. The number of piperidine rings is 1. The average molecular weight is 378 g/mol. The Morgan fingerprint density at radius 1 is 1.00 bits per heavy atom. The van der Waals surface area contributed by atoms with Gasteiger partial charge in [0.15, 0.2) is 0 Å². The summed E-state index contributed by atoms with van der Waals surface area (Å²) in [6.45, 7) is 5.89. The van der Waals surface area contributed by atoms with Crippen LogP contribution in [0.1, 0.15) is 84.5 Å². The molecule has 27 heavy (non-hydrogen) atoms. The van der Waals surface area contributed by atoms with Crippen molar-refractivity contribution in [2.45, 2.75) is 96.6 Å². The zero-order valence-electron chi connectivity index (χ0n) is 17.3. The van der Waals surface area contributed by atoms with E-state index in [-0.39, 0.29) is 29.3 Å². The van der Waals surface area contributed by atoms with Gasteiger partial charge < -0.3 is 16.0 Å². The molecule has 154 valence electrons. The van der Waals surface area contributed by atoms with Crippen LogP contribution in [0.15, 0.2) is 0 Å². The van der Waals surface area contributed by atoms with Crippen molar-refractivity contribution in [3.05, 3.63) is 0 Å². The Bertz CT molecular complexity index is 520. The molecule has 2 saturated carbocycles. The maximum absolute atomic E-state index is 12.9. The van der Waals surface area contributed by atoms with Gasteiger partial charge in [0.1, 0.15) is 0 Å². The molecule has 1 unspecified atom stereocenters. The highest BCUT2D eigenvalue weighted by atomic mass is 16.2. The van der Waals surface area contributed by atoms with Gasteiger partial charge in [-0.25, -0.2) is 0 Å². The van der Waals surface area contributed by atoms with E-state index in [1.807, 2.05) is 4.90 Å². The van der Waals surface area contributed by atoms with Crippen LogP contribution in [0, 0.1) is 17.3 Å². The molecule has 3 rings (SSSR count). The van der Waals surface area contributed by atoms with Gasteiger partial charge in [0.05, 0.1) is 0 Å². The molecular formula is C22H39N3O2. The van der Waals surface area contributed by atoms with Gasteiger partial charge in [-0.15, -0.1) is 0 Å². The molecule has 0 aromatic heterocycles. The zero-order valence-corrected chi connectivity index (χ0v) is 17.3. The first-order valence-electron chi connectivity index (χ1n) is 11.2. The lowest BCUT2D eigenvalue weighted by Crippen LogP contribution is -2.55. The minimum atomic E-state index is -0.00178. The molecular weight excluding hydrogens is 338 g/mol. The van der Waals surface area contributed by atoms with Crippen molar-refractivity contribution in [2.24, 2.45) is 23.0 Å². The quantitative estimate of drug-likeness (QED) is 0.790. The lowest BCUT2D eigenvalue weighted by molar-refractivity contribution is -0.140. The van der Waals surface area contributed by atoms with Crippen LogP contribution in [-0.4, -0.2) is 41.9 Å². The van der Waals surface area contributed by atoms with Crippen LogP contribution in [-0.2, 0) is 9.59 Å². The third kappa shape index (κ3) is 5.46. The van der Waals surface area contributed by atoms with Crippen molar-refractivity contribution in [3.8, 4) is 0 Å². The van der Waals surface area contributed by atoms with E-state index in [9.17, 15) is 9.59 Å². The van der Waals surface area contributed by atoms with E-state index in [4.69, 9.17) is 5.73 Å². The van der Waals surface area contributed by atoms with E-state index >= 15 is 0 Å². The minimum absolute atomic E-state index is 0.00178. The first-order valence-corrected chi connectivity index (χ1v) is 11.2. The van der Waals surface area contributed by atoms with Crippen molar-refractivity contribution in [2.75, 3.05) is 13.1 Å². The molecule has 1 heterocycles. The van der Waals surface area contributed by atoms with Crippen LogP contribution < -0.4 is 11.1 Å². The summed E-state index contributed by atoms with van der Waals surface area (Å²) in [7, 11) is 0. The van der Waals surface area contributed by atoms with E-state index in [0.717, 1.165) is 45.2 Å². The van der Waals surface area contributed by atoms with Crippen LogP contribution in [0.2, 0.25) is 0 Å². The van der Waals surface area contributed by atoms with E-state index in [0.29, 0.717) is 18.2 Å². The lowest BCUT2D eigenvalue weighted by Gasteiger charge is -2.44. The number of amides is 2. The van der Waals surface area contributed by atoms with E-state index in [1.165, 1.54) is 32.1 Å². The predicted octanol–water partition coefficient (Wildman–Crippen LogP) is 3.22. The SMILES string of the molecule is CC1(C)CN(C(=O)C2CCC(NC(=O)CC3CCCCC3)CC2)CCC1N. The molecule has 3 aliphatic rings. The summed E-state index contributed by atoms with van der Waals surface area (Å²) in [4.78, 5) is 27.3. The topological polar surface area (TPSA) is 75.4 Å². The molecule has 1 saturated heterocycles. The molecule has 0 aromatic carbocycles. The summed E-state index contributed by atoms with van der Waals surface area (Å²) in [5.41, 5.74) is 6.20. The van der Waals surface area contributed by atoms with Crippen molar-refractivity contribution in [3.63, 3.8) is 0 Å². The molecule has 3 fully saturated rings. The number of nitrogens with one attached hydrogen (secondary N) is 1. The summed E-state index contributed by atoms with van der Waals surface area (Å²) in [6, 6.07) is 0.438. The number of carbonyl (C=O) groups excluding carboxylic acids is 2. The Hall–Kier alpha value is -1.10. The van der Waals surface area contributed by atoms with Gasteiger partial charge in [0, 0.05) is 37.5 Å². The highest BCUT2D eigenvalue weighted by molar-refractivity contribution is 5.79. The number of hydrogen-bond acceptors (Lipinski definition) is 3. The molecule has 1 atom stereocenters. The van der Waals surface area contributed by atoms with Crippen LogP contribution in [0.4, 0.5) is 0 Å². The van der Waals surface area contributed by atoms with Crippen LogP contribution >= 0.6 is 0 Å². The molecule has 5 heteroatoms. The Labute approximate surface area is 164 Å². The fourth-order valence-electron chi connectivity index (χ4n) is 5.24. The van der Waals surface area contributed by atoms with Crippen molar-refractivity contribution < 1.29 is 9.59 Å². The molecule has 2 aliphatic carbocycles. The Kier molecular flexibility index (Phi) is 6.83. The Morgan fingerprint density at radius 3 is 2.30 bits per heavy atom. The second kappa shape index (κ2) is 8.93. The van der Waals surface area contributed by atoms with Gasteiger partial charge in [0.25, 0.3) is 0 Å². The maximum Gasteiger partial charge on any atom is 0.225 e. The van der Waals surface area contributed by atoms with Crippen molar-refractivity contribution in [1.29, 1.82) is 0 Å². The smallest absolute Gasteiger partial charge is 0.225 e. The van der Waals surface area contributed by atoms with Crippen LogP contribution in [0.3, 0.4) is 0 Å². The van der Waals surface area contributed by atoms with Crippen LogP contribution in [0.25, 0.3) is 0 Å². The molecule has 2 amide bonds. The third-order valence-corrected chi connectivity index (χ3v) is 7.26. The van der Waals surface area contributed by atoms with Gasteiger partial charge in [-0.1, -0.05) is 33.1 Å². The molecule has 0 spiro atoms. The fourth-order valence-corrected chi connectivity index (χ4v) is 5.24. The molecule has 0 aromatic rings. The number of likely N-dealkylation sites (tertiary alicyclic amines) is 1. The number of nitrogens with two attached hydrogens (primary N) is 1. The summed E-state index contributed by atoms with van der Waals surface area (Å²) < 4.78 is 0. The monoisotopic (exact) mass is 377 g/mol. The van der Waals surface area contributed by atoms with Gasteiger partial charge in [-0.2, -0.15) is 0 Å². The van der Waals surface area contributed by atoms with Crippen molar-refractivity contribution in [1.82, 2.24) is 10.2 Å². The van der Waals surface area contributed by atoms with Gasteiger partial charge >= 0.3 is 0 Å². The lowest BCUT2D eigenvalue weighted by atomic mass is 9.78. The third-order valence-electron chi connectivity index (χ3n) is 7.26. The van der Waals surface area contributed by atoms with Crippen molar-refractivity contribution >= 4 is 11.8 Å². The first-order chi connectivity index (χ1) is 12.8. The fraction of sp³-hybridized carbons (Fsp3) is 0.909.